The van der Waals surface area contributed by atoms with Crippen molar-refractivity contribution >= 4 is 44.3 Å². The summed E-state index contributed by atoms with van der Waals surface area (Å²) in [5, 5.41) is 2.63. The zero-order valence-electron chi connectivity index (χ0n) is 17.6. The van der Waals surface area contributed by atoms with Gasteiger partial charge in [-0.2, -0.15) is 4.31 Å². The Bertz CT molecular complexity index is 1270. The number of rotatable bonds is 6. The summed E-state index contributed by atoms with van der Waals surface area (Å²) in [5.74, 6) is -0.229. The van der Waals surface area contributed by atoms with Gasteiger partial charge < -0.3 is 9.88 Å². The monoisotopic (exact) mass is 478 g/mol. The minimum atomic E-state index is -3.54. The molecule has 1 aliphatic rings. The third-order valence-corrected chi connectivity index (χ3v) is 7.88. The highest BCUT2D eigenvalue weighted by atomic mass is 35.5. The average Bonchev–Trinajstić information content (AvgIpc) is 3.10. The van der Waals surface area contributed by atoms with Gasteiger partial charge in [-0.15, -0.1) is 0 Å². The number of nitrogens with zero attached hydrogens (tertiary/aromatic N) is 3. The fourth-order valence-corrected chi connectivity index (χ4v) is 5.55. The average molecular weight is 479 g/mol. The molecule has 1 fully saturated rings. The van der Waals surface area contributed by atoms with Crippen LogP contribution in [0.3, 0.4) is 0 Å². The fourth-order valence-electron chi connectivity index (χ4n) is 3.89. The van der Waals surface area contributed by atoms with Gasteiger partial charge in [0, 0.05) is 38.7 Å². The SMILES string of the molecule is Cn1c(CCC(=O)Nc2ccc(Cl)c(F)c2)nc2cc(S(=O)(=O)N3CCCCC3)ccc21. The number of hydrogen-bond donors (Lipinski definition) is 1. The Kier molecular flexibility index (Phi) is 6.50. The predicted molar refractivity (Wildman–Crippen MR) is 122 cm³/mol. The Hall–Kier alpha value is -2.49. The third kappa shape index (κ3) is 4.65. The van der Waals surface area contributed by atoms with E-state index in [1.165, 1.54) is 22.5 Å². The van der Waals surface area contributed by atoms with Crippen LogP contribution in [0.5, 0.6) is 0 Å². The van der Waals surface area contributed by atoms with Crippen LogP contribution in [0.15, 0.2) is 41.3 Å². The van der Waals surface area contributed by atoms with Crippen LogP contribution in [-0.2, 0) is 28.3 Å². The van der Waals surface area contributed by atoms with Gasteiger partial charge in [-0.25, -0.2) is 17.8 Å². The molecular weight excluding hydrogens is 455 g/mol. The quantitative estimate of drug-likeness (QED) is 0.577. The number of sulfonamides is 1. The number of piperidine rings is 1. The van der Waals surface area contributed by atoms with Crippen molar-refractivity contribution < 1.29 is 17.6 Å². The Morgan fingerprint density at radius 1 is 1.16 bits per heavy atom. The van der Waals surface area contributed by atoms with Gasteiger partial charge in [0.25, 0.3) is 0 Å². The van der Waals surface area contributed by atoms with Gasteiger partial charge in [-0.05, 0) is 49.2 Å². The minimum Gasteiger partial charge on any atom is -0.331 e. The number of imidazole rings is 1. The number of benzene rings is 2. The third-order valence-electron chi connectivity index (χ3n) is 5.68. The molecular formula is C22H24ClFN4O3S. The number of halogens is 2. The molecule has 1 aliphatic heterocycles. The summed E-state index contributed by atoms with van der Waals surface area (Å²) in [6.07, 6.45) is 3.29. The number of carbonyl (C=O) groups excluding carboxylic acids is 1. The lowest BCUT2D eigenvalue weighted by Crippen LogP contribution is -2.35. The molecule has 1 saturated heterocycles. The molecule has 0 bridgehead atoms. The molecule has 2 aromatic carbocycles. The first-order valence-corrected chi connectivity index (χ1v) is 12.3. The van der Waals surface area contributed by atoms with Gasteiger partial charge in [0.15, 0.2) is 0 Å². The summed E-state index contributed by atoms with van der Waals surface area (Å²) in [5.41, 5.74) is 1.69. The second-order valence-corrected chi connectivity index (χ2v) is 10.2. The molecule has 2 heterocycles. The second kappa shape index (κ2) is 9.17. The molecule has 0 radical (unpaired) electrons. The lowest BCUT2D eigenvalue weighted by atomic mass is 10.2. The molecule has 0 atom stereocenters. The summed E-state index contributed by atoms with van der Waals surface area (Å²) in [7, 11) is -1.71. The summed E-state index contributed by atoms with van der Waals surface area (Å²) in [6, 6.07) is 9.04. The molecule has 0 spiro atoms. The first kappa shape index (κ1) is 22.7. The fraction of sp³-hybridized carbons (Fsp3) is 0.364. The van der Waals surface area contributed by atoms with Crippen LogP contribution < -0.4 is 5.32 Å². The van der Waals surface area contributed by atoms with Crippen LogP contribution in [0.1, 0.15) is 31.5 Å². The minimum absolute atomic E-state index is 0.00984. The number of carbonyl (C=O) groups is 1. The smallest absolute Gasteiger partial charge is 0.243 e. The second-order valence-electron chi connectivity index (χ2n) is 7.88. The van der Waals surface area contributed by atoms with Crippen LogP contribution >= 0.6 is 11.6 Å². The van der Waals surface area contributed by atoms with E-state index in [4.69, 9.17) is 11.6 Å². The van der Waals surface area contributed by atoms with E-state index in [0.29, 0.717) is 36.5 Å². The molecule has 1 N–H and O–H groups in total. The highest BCUT2D eigenvalue weighted by Gasteiger charge is 2.26. The molecule has 7 nitrogen and oxygen atoms in total. The molecule has 0 unspecified atom stereocenters. The highest BCUT2D eigenvalue weighted by molar-refractivity contribution is 7.89. The molecule has 0 aliphatic carbocycles. The first-order valence-electron chi connectivity index (χ1n) is 10.5. The maximum absolute atomic E-state index is 13.5. The largest absolute Gasteiger partial charge is 0.331 e. The number of aryl methyl sites for hydroxylation is 2. The predicted octanol–water partition coefficient (Wildman–Crippen LogP) is 4.11. The normalized spacial score (nSPS) is 15.2. The van der Waals surface area contributed by atoms with E-state index in [0.717, 1.165) is 24.8 Å². The van der Waals surface area contributed by atoms with Gasteiger partial charge in [-0.3, -0.25) is 4.79 Å². The van der Waals surface area contributed by atoms with Gasteiger partial charge in [0.05, 0.1) is 21.0 Å². The number of amides is 1. The van der Waals surface area contributed by atoms with Crippen LogP contribution in [0.2, 0.25) is 5.02 Å². The topological polar surface area (TPSA) is 84.3 Å². The van der Waals surface area contributed by atoms with E-state index < -0.39 is 15.8 Å². The zero-order chi connectivity index (χ0) is 22.9. The summed E-state index contributed by atoms with van der Waals surface area (Å²) in [4.78, 5) is 17.1. The van der Waals surface area contributed by atoms with E-state index in [-0.39, 0.29) is 22.2 Å². The van der Waals surface area contributed by atoms with Crippen LogP contribution in [-0.4, -0.2) is 41.3 Å². The van der Waals surface area contributed by atoms with Crippen molar-refractivity contribution in [1.29, 1.82) is 0 Å². The Morgan fingerprint density at radius 3 is 2.62 bits per heavy atom. The summed E-state index contributed by atoms with van der Waals surface area (Å²) < 4.78 is 42.8. The molecule has 32 heavy (non-hydrogen) atoms. The lowest BCUT2D eigenvalue weighted by molar-refractivity contribution is -0.116. The Labute approximate surface area is 191 Å². The van der Waals surface area contributed by atoms with Crippen LogP contribution in [0.25, 0.3) is 11.0 Å². The summed E-state index contributed by atoms with van der Waals surface area (Å²) >= 11 is 5.66. The van der Waals surface area contributed by atoms with E-state index in [1.807, 2.05) is 11.6 Å². The number of hydrogen-bond acceptors (Lipinski definition) is 4. The molecule has 4 rings (SSSR count). The highest BCUT2D eigenvalue weighted by Crippen LogP contribution is 2.25. The maximum atomic E-state index is 13.5. The van der Waals surface area contributed by atoms with E-state index in [9.17, 15) is 17.6 Å². The maximum Gasteiger partial charge on any atom is 0.243 e. The summed E-state index contributed by atoms with van der Waals surface area (Å²) in [6.45, 7) is 1.08. The number of anilines is 1. The number of nitrogens with one attached hydrogen (secondary N) is 1. The van der Waals surface area contributed by atoms with Gasteiger partial charge in [0.1, 0.15) is 11.6 Å². The molecule has 10 heteroatoms. The van der Waals surface area contributed by atoms with Crippen molar-refractivity contribution in [3.63, 3.8) is 0 Å². The van der Waals surface area contributed by atoms with Crippen LogP contribution in [0.4, 0.5) is 10.1 Å². The van der Waals surface area contributed by atoms with Crippen molar-refractivity contribution in [3.8, 4) is 0 Å². The molecule has 1 aromatic heterocycles. The molecule has 1 amide bonds. The Morgan fingerprint density at radius 2 is 1.91 bits per heavy atom. The standard InChI is InChI=1S/C22H24ClFN4O3S/c1-27-20-8-6-16(32(30,31)28-11-3-2-4-12-28)14-19(20)26-21(27)9-10-22(29)25-15-5-7-17(23)18(24)13-15/h5-8,13-14H,2-4,9-12H2,1H3,(H,25,29). The van der Waals surface area contributed by atoms with E-state index in [2.05, 4.69) is 10.3 Å². The Balaban J connectivity index is 1.48. The number of aromatic nitrogens is 2. The van der Waals surface area contributed by atoms with Crippen molar-refractivity contribution in [3.05, 3.63) is 53.1 Å². The van der Waals surface area contributed by atoms with E-state index in [1.54, 1.807) is 18.2 Å². The van der Waals surface area contributed by atoms with Gasteiger partial charge >= 0.3 is 0 Å². The van der Waals surface area contributed by atoms with Gasteiger partial charge in [-0.1, -0.05) is 18.0 Å². The molecule has 170 valence electrons. The van der Waals surface area contributed by atoms with Crippen molar-refractivity contribution in [2.75, 3.05) is 18.4 Å². The van der Waals surface area contributed by atoms with E-state index >= 15 is 0 Å². The lowest BCUT2D eigenvalue weighted by Gasteiger charge is -2.25. The van der Waals surface area contributed by atoms with Crippen LogP contribution in [0, 0.1) is 5.82 Å². The van der Waals surface area contributed by atoms with Crippen molar-refractivity contribution in [1.82, 2.24) is 13.9 Å². The van der Waals surface area contributed by atoms with Gasteiger partial charge in [0.2, 0.25) is 15.9 Å². The van der Waals surface area contributed by atoms with Crippen molar-refractivity contribution in [2.24, 2.45) is 7.05 Å². The first-order chi connectivity index (χ1) is 15.3. The molecule has 0 saturated carbocycles. The number of fused-ring (bicyclic) bond motifs is 1. The zero-order valence-corrected chi connectivity index (χ0v) is 19.2. The molecule has 3 aromatic rings. The van der Waals surface area contributed by atoms with Crippen molar-refractivity contribution in [2.45, 2.75) is 37.0 Å².